The van der Waals surface area contributed by atoms with Gasteiger partial charge < -0.3 is 0 Å². The van der Waals surface area contributed by atoms with E-state index >= 15 is 0 Å². The third kappa shape index (κ3) is 2.07. The van der Waals surface area contributed by atoms with Gasteiger partial charge in [-0.05, 0) is 31.2 Å². The molecule has 1 aromatic carbocycles. The van der Waals surface area contributed by atoms with Crippen molar-refractivity contribution in [3.63, 3.8) is 0 Å². The van der Waals surface area contributed by atoms with E-state index in [-0.39, 0.29) is 0 Å². The SMILES string of the molecule is CC1ON(c2ccc(Br)cc2)C(=O)NC1=O. The summed E-state index contributed by atoms with van der Waals surface area (Å²) in [5, 5.41) is 3.27. The zero-order chi connectivity index (χ0) is 11.7. The number of carbonyl (C=O) groups excluding carboxylic acids is 2. The van der Waals surface area contributed by atoms with Crippen LogP contribution in [0.3, 0.4) is 0 Å². The molecule has 1 unspecified atom stereocenters. The fourth-order valence-electron chi connectivity index (χ4n) is 1.27. The van der Waals surface area contributed by atoms with Gasteiger partial charge in [-0.25, -0.2) is 4.79 Å². The number of benzene rings is 1. The number of nitrogens with one attached hydrogen (secondary N) is 1. The summed E-state index contributed by atoms with van der Waals surface area (Å²) < 4.78 is 0.901. The Kier molecular flexibility index (Phi) is 2.93. The molecule has 1 fully saturated rings. The zero-order valence-electron chi connectivity index (χ0n) is 8.44. The van der Waals surface area contributed by atoms with E-state index in [1.165, 1.54) is 0 Å². The lowest BCUT2D eigenvalue weighted by Crippen LogP contribution is -2.54. The van der Waals surface area contributed by atoms with Gasteiger partial charge in [0.1, 0.15) is 0 Å². The number of urea groups is 1. The molecule has 0 aromatic heterocycles. The molecule has 1 saturated heterocycles. The first kappa shape index (κ1) is 11.1. The molecule has 1 atom stereocenters. The molecular formula is C10H9BrN2O3. The van der Waals surface area contributed by atoms with Crippen molar-refractivity contribution >= 4 is 33.6 Å². The van der Waals surface area contributed by atoms with E-state index in [1.807, 2.05) is 0 Å². The summed E-state index contributed by atoms with van der Waals surface area (Å²) in [7, 11) is 0. The first-order valence-electron chi connectivity index (χ1n) is 4.65. The number of halogens is 1. The third-order valence-electron chi connectivity index (χ3n) is 2.11. The molecule has 0 spiro atoms. The molecule has 1 heterocycles. The lowest BCUT2D eigenvalue weighted by Gasteiger charge is -2.29. The maximum absolute atomic E-state index is 11.5. The Labute approximate surface area is 100 Å². The van der Waals surface area contributed by atoms with Crippen molar-refractivity contribution in [1.29, 1.82) is 0 Å². The largest absolute Gasteiger partial charge is 0.352 e. The van der Waals surface area contributed by atoms with E-state index in [0.717, 1.165) is 9.54 Å². The molecule has 16 heavy (non-hydrogen) atoms. The highest BCUT2D eigenvalue weighted by Crippen LogP contribution is 2.21. The summed E-state index contributed by atoms with van der Waals surface area (Å²) in [4.78, 5) is 27.8. The van der Waals surface area contributed by atoms with E-state index in [9.17, 15) is 9.59 Å². The lowest BCUT2D eigenvalue weighted by atomic mass is 10.3. The summed E-state index contributed by atoms with van der Waals surface area (Å²) in [5.74, 6) is -0.432. The normalized spacial score (nSPS) is 20.9. The van der Waals surface area contributed by atoms with Gasteiger partial charge in [0.25, 0.3) is 5.91 Å². The van der Waals surface area contributed by atoms with Crippen molar-refractivity contribution in [3.8, 4) is 0 Å². The number of anilines is 1. The van der Waals surface area contributed by atoms with Crippen molar-refractivity contribution in [2.75, 3.05) is 5.06 Å². The van der Waals surface area contributed by atoms with Crippen LogP contribution in [-0.2, 0) is 9.63 Å². The van der Waals surface area contributed by atoms with Gasteiger partial charge in [0.15, 0.2) is 6.10 Å². The Balaban J connectivity index is 2.24. The number of nitrogens with zero attached hydrogens (tertiary/aromatic N) is 1. The fraction of sp³-hybridized carbons (Fsp3) is 0.200. The predicted molar refractivity (Wildman–Crippen MR) is 60.7 cm³/mol. The number of hydroxylamine groups is 1. The molecule has 1 aliphatic heterocycles. The van der Waals surface area contributed by atoms with Gasteiger partial charge in [0.2, 0.25) is 0 Å². The highest BCUT2D eigenvalue weighted by Gasteiger charge is 2.31. The second-order valence-corrected chi connectivity index (χ2v) is 4.23. The van der Waals surface area contributed by atoms with Crippen LogP contribution in [0.25, 0.3) is 0 Å². The molecule has 1 N–H and O–H groups in total. The smallest absolute Gasteiger partial charge is 0.273 e. The van der Waals surface area contributed by atoms with Gasteiger partial charge >= 0.3 is 6.03 Å². The summed E-state index contributed by atoms with van der Waals surface area (Å²) in [6.45, 7) is 1.58. The van der Waals surface area contributed by atoms with Gasteiger partial charge in [-0.1, -0.05) is 15.9 Å². The Morgan fingerprint density at radius 2 is 1.94 bits per heavy atom. The quantitative estimate of drug-likeness (QED) is 0.856. The highest BCUT2D eigenvalue weighted by atomic mass is 79.9. The van der Waals surface area contributed by atoms with E-state index in [1.54, 1.807) is 31.2 Å². The Bertz CT molecular complexity index is 432. The second kappa shape index (κ2) is 4.23. The molecule has 1 aromatic rings. The minimum Gasteiger partial charge on any atom is -0.273 e. The van der Waals surface area contributed by atoms with Crippen LogP contribution in [0.4, 0.5) is 10.5 Å². The minimum atomic E-state index is -0.679. The van der Waals surface area contributed by atoms with E-state index < -0.39 is 18.0 Å². The van der Waals surface area contributed by atoms with Gasteiger partial charge in [-0.2, -0.15) is 5.06 Å². The van der Waals surface area contributed by atoms with Crippen LogP contribution in [0.2, 0.25) is 0 Å². The maximum atomic E-state index is 11.5. The maximum Gasteiger partial charge on any atom is 0.352 e. The van der Waals surface area contributed by atoms with E-state index in [4.69, 9.17) is 4.84 Å². The Morgan fingerprint density at radius 1 is 1.31 bits per heavy atom. The van der Waals surface area contributed by atoms with E-state index in [0.29, 0.717) is 5.69 Å². The molecular weight excluding hydrogens is 276 g/mol. The predicted octanol–water partition coefficient (Wildman–Crippen LogP) is 1.83. The molecule has 0 saturated carbocycles. The van der Waals surface area contributed by atoms with Crippen LogP contribution < -0.4 is 10.4 Å². The molecule has 0 bridgehead atoms. The summed E-state index contributed by atoms with van der Waals surface area (Å²) in [6, 6.07) is 6.42. The second-order valence-electron chi connectivity index (χ2n) is 3.31. The monoisotopic (exact) mass is 284 g/mol. The number of rotatable bonds is 1. The van der Waals surface area contributed by atoms with Crippen molar-refractivity contribution in [2.45, 2.75) is 13.0 Å². The molecule has 3 amide bonds. The lowest BCUT2D eigenvalue weighted by molar-refractivity contribution is -0.133. The summed E-state index contributed by atoms with van der Waals surface area (Å²) in [6.07, 6.45) is -0.679. The number of amides is 3. The third-order valence-corrected chi connectivity index (χ3v) is 2.64. The number of hydrogen-bond donors (Lipinski definition) is 1. The van der Waals surface area contributed by atoms with Gasteiger partial charge in [-0.15, -0.1) is 0 Å². The first-order valence-corrected chi connectivity index (χ1v) is 5.44. The highest BCUT2D eigenvalue weighted by molar-refractivity contribution is 9.10. The van der Waals surface area contributed by atoms with Crippen molar-refractivity contribution in [2.24, 2.45) is 0 Å². The van der Waals surface area contributed by atoms with Crippen LogP contribution in [0.5, 0.6) is 0 Å². The molecule has 0 aliphatic carbocycles. The van der Waals surface area contributed by atoms with Crippen LogP contribution in [-0.4, -0.2) is 18.0 Å². The topological polar surface area (TPSA) is 58.6 Å². The molecule has 6 heteroatoms. The first-order chi connectivity index (χ1) is 7.58. The fourth-order valence-corrected chi connectivity index (χ4v) is 1.53. The van der Waals surface area contributed by atoms with E-state index in [2.05, 4.69) is 21.2 Å². The van der Waals surface area contributed by atoms with Crippen molar-refractivity contribution in [1.82, 2.24) is 5.32 Å². The Hall–Kier alpha value is -1.40. The average molecular weight is 285 g/mol. The van der Waals surface area contributed by atoms with Crippen LogP contribution >= 0.6 is 15.9 Å². The minimum absolute atomic E-state index is 0.432. The van der Waals surface area contributed by atoms with Gasteiger partial charge in [-0.3, -0.25) is 14.9 Å². The van der Waals surface area contributed by atoms with Crippen LogP contribution in [0.1, 0.15) is 6.92 Å². The number of carbonyl (C=O) groups is 2. The number of hydrogen-bond acceptors (Lipinski definition) is 3. The van der Waals surface area contributed by atoms with Crippen LogP contribution in [0.15, 0.2) is 28.7 Å². The number of imide groups is 1. The van der Waals surface area contributed by atoms with Gasteiger partial charge in [0.05, 0.1) is 5.69 Å². The summed E-state index contributed by atoms with van der Waals surface area (Å²) >= 11 is 3.29. The van der Waals surface area contributed by atoms with Crippen molar-refractivity contribution in [3.05, 3.63) is 28.7 Å². The molecule has 1 aliphatic rings. The van der Waals surface area contributed by atoms with Crippen LogP contribution in [0, 0.1) is 0 Å². The van der Waals surface area contributed by atoms with Gasteiger partial charge in [0, 0.05) is 4.47 Å². The summed E-state index contributed by atoms with van der Waals surface area (Å²) in [5.41, 5.74) is 0.569. The average Bonchev–Trinajstić information content (AvgIpc) is 2.25. The molecule has 2 rings (SSSR count). The molecule has 84 valence electrons. The molecule has 5 nitrogen and oxygen atoms in total. The molecule has 0 radical (unpaired) electrons. The standard InChI is InChI=1S/C10H9BrN2O3/c1-6-9(14)12-10(15)13(16-6)8-4-2-7(11)3-5-8/h2-6H,1H3,(H,12,14,15). The van der Waals surface area contributed by atoms with Crippen molar-refractivity contribution < 1.29 is 14.4 Å². The zero-order valence-corrected chi connectivity index (χ0v) is 10.0. The Morgan fingerprint density at radius 3 is 2.56 bits per heavy atom.